The SMILES string of the molecule is CC1CC(C(=O)O)CN(S(=O)(=O)c2cc(Cl)ccc2[N+](=O)[O-])C1. The minimum Gasteiger partial charge on any atom is -0.481 e. The molecule has 1 aliphatic rings. The van der Waals surface area contributed by atoms with E-state index in [0.29, 0.717) is 6.42 Å². The van der Waals surface area contributed by atoms with Gasteiger partial charge in [-0.05, 0) is 24.5 Å². The van der Waals surface area contributed by atoms with E-state index in [-0.39, 0.29) is 24.0 Å². The van der Waals surface area contributed by atoms with Crippen LogP contribution in [0.4, 0.5) is 5.69 Å². The molecule has 1 saturated heterocycles. The molecule has 0 bridgehead atoms. The molecule has 2 unspecified atom stereocenters. The Kier molecular flexibility index (Phi) is 4.92. The summed E-state index contributed by atoms with van der Waals surface area (Å²) in [5.41, 5.74) is -0.584. The minimum atomic E-state index is -4.22. The van der Waals surface area contributed by atoms with E-state index >= 15 is 0 Å². The molecule has 2 rings (SSSR count). The number of nitrogens with zero attached hydrogens (tertiary/aromatic N) is 2. The van der Waals surface area contributed by atoms with Gasteiger partial charge in [0.1, 0.15) is 0 Å². The second-order valence-corrected chi connectivity index (χ2v) is 7.91. The van der Waals surface area contributed by atoms with Crippen LogP contribution >= 0.6 is 11.6 Å². The first-order chi connectivity index (χ1) is 10.6. The summed E-state index contributed by atoms with van der Waals surface area (Å²) in [6, 6.07) is 3.28. The highest BCUT2D eigenvalue weighted by atomic mass is 35.5. The van der Waals surface area contributed by atoms with Gasteiger partial charge in [-0.25, -0.2) is 8.42 Å². The monoisotopic (exact) mass is 362 g/mol. The van der Waals surface area contributed by atoms with Crippen molar-refractivity contribution < 1.29 is 23.2 Å². The number of aliphatic carboxylic acids is 1. The van der Waals surface area contributed by atoms with Crippen LogP contribution in [-0.4, -0.2) is 41.8 Å². The maximum absolute atomic E-state index is 12.7. The molecule has 1 heterocycles. The maximum atomic E-state index is 12.7. The van der Waals surface area contributed by atoms with Gasteiger partial charge in [0.25, 0.3) is 5.69 Å². The first-order valence-electron chi connectivity index (χ1n) is 6.80. The second-order valence-electron chi connectivity index (χ2n) is 5.57. The highest BCUT2D eigenvalue weighted by molar-refractivity contribution is 7.89. The lowest BCUT2D eigenvalue weighted by atomic mass is 9.92. The molecule has 0 radical (unpaired) electrons. The number of piperidine rings is 1. The van der Waals surface area contributed by atoms with Gasteiger partial charge < -0.3 is 5.11 Å². The van der Waals surface area contributed by atoms with Crippen LogP contribution in [0.3, 0.4) is 0 Å². The van der Waals surface area contributed by atoms with E-state index in [0.717, 1.165) is 16.4 Å². The average molecular weight is 363 g/mol. The summed E-state index contributed by atoms with van der Waals surface area (Å²) < 4.78 is 26.5. The Morgan fingerprint density at radius 3 is 2.65 bits per heavy atom. The number of carboxylic acids is 1. The van der Waals surface area contributed by atoms with Gasteiger partial charge in [0, 0.05) is 24.2 Å². The van der Waals surface area contributed by atoms with Gasteiger partial charge in [0.2, 0.25) is 10.0 Å². The van der Waals surface area contributed by atoms with Crippen molar-refractivity contribution in [3.8, 4) is 0 Å². The van der Waals surface area contributed by atoms with Gasteiger partial charge in [-0.1, -0.05) is 18.5 Å². The molecule has 1 N–H and O–H groups in total. The molecule has 0 aromatic heterocycles. The number of hydrogen-bond acceptors (Lipinski definition) is 5. The topological polar surface area (TPSA) is 118 Å². The maximum Gasteiger partial charge on any atom is 0.307 e. The Hall–Kier alpha value is -1.71. The number of benzene rings is 1. The Balaban J connectivity index is 2.48. The van der Waals surface area contributed by atoms with Crippen LogP contribution in [-0.2, 0) is 14.8 Å². The van der Waals surface area contributed by atoms with E-state index in [1.165, 1.54) is 6.07 Å². The summed E-state index contributed by atoms with van der Waals surface area (Å²) >= 11 is 5.77. The number of rotatable bonds is 4. The molecule has 2 atom stereocenters. The van der Waals surface area contributed by atoms with E-state index in [9.17, 15) is 23.3 Å². The van der Waals surface area contributed by atoms with Crippen LogP contribution < -0.4 is 0 Å². The zero-order valence-corrected chi connectivity index (χ0v) is 13.7. The van der Waals surface area contributed by atoms with Crippen LogP contribution in [0.25, 0.3) is 0 Å². The molecule has 1 aliphatic heterocycles. The van der Waals surface area contributed by atoms with E-state index < -0.39 is 37.4 Å². The fraction of sp³-hybridized carbons (Fsp3) is 0.462. The molecule has 10 heteroatoms. The zero-order chi connectivity index (χ0) is 17.4. The van der Waals surface area contributed by atoms with Crippen LogP contribution in [0.5, 0.6) is 0 Å². The normalized spacial score (nSPS) is 22.7. The fourth-order valence-corrected chi connectivity index (χ4v) is 4.69. The van der Waals surface area contributed by atoms with Crippen molar-refractivity contribution in [1.82, 2.24) is 4.31 Å². The van der Waals surface area contributed by atoms with Gasteiger partial charge >= 0.3 is 5.97 Å². The van der Waals surface area contributed by atoms with E-state index in [1.807, 2.05) is 0 Å². The highest BCUT2D eigenvalue weighted by Gasteiger charge is 2.39. The van der Waals surface area contributed by atoms with E-state index in [4.69, 9.17) is 16.7 Å². The Morgan fingerprint density at radius 2 is 2.09 bits per heavy atom. The molecule has 1 fully saturated rings. The lowest BCUT2D eigenvalue weighted by Gasteiger charge is -2.33. The molecule has 0 aliphatic carbocycles. The quantitative estimate of drug-likeness (QED) is 0.646. The van der Waals surface area contributed by atoms with Crippen molar-refractivity contribution in [3.63, 3.8) is 0 Å². The number of hydrogen-bond donors (Lipinski definition) is 1. The number of sulfonamides is 1. The van der Waals surface area contributed by atoms with Crippen molar-refractivity contribution in [1.29, 1.82) is 0 Å². The van der Waals surface area contributed by atoms with Crippen LogP contribution in [0.1, 0.15) is 13.3 Å². The van der Waals surface area contributed by atoms with Crippen LogP contribution in [0.2, 0.25) is 5.02 Å². The summed E-state index contributed by atoms with van der Waals surface area (Å²) in [4.78, 5) is 21.0. The molecular weight excluding hydrogens is 348 g/mol. The summed E-state index contributed by atoms with van der Waals surface area (Å²) in [6.45, 7) is 1.63. The molecule has 1 aromatic rings. The van der Waals surface area contributed by atoms with Gasteiger partial charge in [-0.2, -0.15) is 4.31 Å². The minimum absolute atomic E-state index is 0.0500. The Labute approximate surface area is 137 Å². The van der Waals surface area contributed by atoms with Gasteiger partial charge in [0.15, 0.2) is 4.90 Å². The highest BCUT2D eigenvalue weighted by Crippen LogP contribution is 2.33. The lowest BCUT2D eigenvalue weighted by Crippen LogP contribution is -2.45. The molecule has 0 amide bonds. The average Bonchev–Trinajstić information content (AvgIpc) is 2.46. The smallest absolute Gasteiger partial charge is 0.307 e. The fourth-order valence-electron chi connectivity index (χ4n) is 2.66. The molecular formula is C13H15ClN2O6S. The number of nitro benzene ring substituents is 1. The van der Waals surface area contributed by atoms with Gasteiger partial charge in [0.05, 0.1) is 10.8 Å². The predicted molar refractivity (Wildman–Crippen MR) is 81.8 cm³/mol. The number of carboxylic acid groups (broad SMARTS) is 1. The van der Waals surface area contributed by atoms with Crippen molar-refractivity contribution in [2.24, 2.45) is 11.8 Å². The largest absolute Gasteiger partial charge is 0.481 e. The van der Waals surface area contributed by atoms with Gasteiger partial charge in [-0.3, -0.25) is 14.9 Å². The standard InChI is InChI=1S/C13H15ClN2O6S/c1-8-4-9(13(17)18)7-15(6-8)23(21,22)12-5-10(14)2-3-11(12)16(19)20/h2-3,5,8-9H,4,6-7H2,1H3,(H,17,18). The molecule has 0 saturated carbocycles. The van der Waals surface area contributed by atoms with Gasteiger partial charge in [-0.15, -0.1) is 0 Å². The first kappa shape index (κ1) is 17.6. The van der Waals surface area contributed by atoms with Crippen molar-refractivity contribution >= 4 is 33.3 Å². The Bertz CT molecular complexity index is 751. The Morgan fingerprint density at radius 1 is 1.43 bits per heavy atom. The van der Waals surface area contributed by atoms with E-state index in [1.54, 1.807) is 6.92 Å². The summed E-state index contributed by atoms with van der Waals surface area (Å²) in [7, 11) is -4.22. The third-order valence-corrected chi connectivity index (χ3v) is 5.81. The van der Waals surface area contributed by atoms with E-state index in [2.05, 4.69) is 0 Å². The second kappa shape index (κ2) is 6.42. The third kappa shape index (κ3) is 3.62. The zero-order valence-electron chi connectivity index (χ0n) is 12.2. The summed E-state index contributed by atoms with van der Waals surface area (Å²) in [6.07, 6.45) is 0.360. The van der Waals surface area contributed by atoms with Crippen molar-refractivity contribution in [3.05, 3.63) is 33.3 Å². The van der Waals surface area contributed by atoms with Crippen molar-refractivity contribution in [2.75, 3.05) is 13.1 Å². The number of halogens is 1. The van der Waals surface area contributed by atoms with Crippen LogP contribution in [0.15, 0.2) is 23.1 Å². The molecule has 0 spiro atoms. The molecule has 23 heavy (non-hydrogen) atoms. The summed E-state index contributed by atoms with van der Waals surface area (Å²) in [5, 5.41) is 20.3. The molecule has 8 nitrogen and oxygen atoms in total. The lowest BCUT2D eigenvalue weighted by molar-refractivity contribution is -0.387. The van der Waals surface area contributed by atoms with Crippen molar-refractivity contribution in [2.45, 2.75) is 18.2 Å². The number of carbonyl (C=O) groups is 1. The predicted octanol–water partition coefficient (Wildman–Crippen LogP) is 1.98. The number of nitro groups is 1. The summed E-state index contributed by atoms with van der Waals surface area (Å²) in [5.74, 6) is -2.10. The first-order valence-corrected chi connectivity index (χ1v) is 8.61. The molecule has 1 aromatic carbocycles. The third-order valence-electron chi connectivity index (χ3n) is 3.71. The van der Waals surface area contributed by atoms with Crippen LogP contribution in [0, 0.1) is 22.0 Å². The molecule has 126 valence electrons.